The number of aromatic nitrogens is 1. The Bertz CT molecular complexity index is 1050. The second-order valence-corrected chi connectivity index (χ2v) is 5.39. The molecule has 0 amide bonds. The summed E-state index contributed by atoms with van der Waals surface area (Å²) in [6.07, 6.45) is 0. The van der Waals surface area contributed by atoms with Crippen molar-refractivity contribution in [3.05, 3.63) is 76.6 Å². The third-order valence-corrected chi connectivity index (χ3v) is 3.76. The van der Waals surface area contributed by atoms with Gasteiger partial charge in [-0.2, -0.15) is 0 Å². The second kappa shape index (κ2) is 4.81. The molecule has 2 aromatic heterocycles. The van der Waals surface area contributed by atoms with Crippen molar-refractivity contribution in [3.63, 3.8) is 0 Å². The third kappa shape index (κ3) is 2.07. The number of fused-ring (bicyclic) bond motifs is 2. The Labute approximate surface area is 126 Å². The highest BCUT2D eigenvalue weighted by Gasteiger charge is 2.09. The third-order valence-electron chi connectivity index (χ3n) is 3.76. The summed E-state index contributed by atoms with van der Waals surface area (Å²) < 4.78 is 5.42. The van der Waals surface area contributed by atoms with Crippen molar-refractivity contribution in [2.24, 2.45) is 0 Å². The Morgan fingerprint density at radius 3 is 2.55 bits per heavy atom. The Hall–Kier alpha value is -2.94. The fourth-order valence-corrected chi connectivity index (χ4v) is 2.66. The Morgan fingerprint density at radius 2 is 1.73 bits per heavy atom. The Balaban J connectivity index is 2.03. The van der Waals surface area contributed by atoms with Gasteiger partial charge >= 0.3 is 5.63 Å². The molecule has 0 spiro atoms. The first-order valence-corrected chi connectivity index (χ1v) is 7.11. The molecule has 0 saturated heterocycles. The van der Waals surface area contributed by atoms with E-state index in [9.17, 15) is 4.79 Å². The van der Waals surface area contributed by atoms with Crippen LogP contribution in [-0.2, 0) is 0 Å². The summed E-state index contributed by atoms with van der Waals surface area (Å²) in [6.45, 7) is 2.05. The van der Waals surface area contributed by atoms with Crippen LogP contribution in [0.5, 0.6) is 0 Å². The lowest BCUT2D eigenvalue weighted by Gasteiger charge is -2.04. The summed E-state index contributed by atoms with van der Waals surface area (Å²) in [6, 6.07) is 19.4. The van der Waals surface area contributed by atoms with Crippen molar-refractivity contribution >= 4 is 22.0 Å². The highest BCUT2D eigenvalue weighted by molar-refractivity contribution is 5.92. The molecule has 2 heterocycles. The highest BCUT2D eigenvalue weighted by Crippen LogP contribution is 2.23. The molecule has 0 saturated carbocycles. The lowest BCUT2D eigenvalue weighted by molar-refractivity contribution is 0.553. The summed E-state index contributed by atoms with van der Waals surface area (Å²) in [5, 5.41) is 1.87. The van der Waals surface area contributed by atoms with Crippen LogP contribution in [0, 0.1) is 6.92 Å². The van der Waals surface area contributed by atoms with Gasteiger partial charge in [-0.05, 0) is 36.8 Å². The van der Waals surface area contributed by atoms with Crippen LogP contribution in [0.15, 0.2) is 69.9 Å². The number of pyridine rings is 1. The monoisotopic (exact) mass is 287 g/mol. The lowest BCUT2D eigenvalue weighted by Crippen LogP contribution is -2.03. The van der Waals surface area contributed by atoms with Crippen LogP contribution in [0.1, 0.15) is 5.56 Å². The van der Waals surface area contributed by atoms with Crippen molar-refractivity contribution in [2.75, 3.05) is 0 Å². The molecule has 0 aliphatic rings. The zero-order valence-electron chi connectivity index (χ0n) is 12.0. The van der Waals surface area contributed by atoms with Crippen molar-refractivity contribution in [2.45, 2.75) is 6.92 Å². The standard InChI is InChI=1S/C19H13NO2/c1-12-7-8-17-14(9-12)10-15-11-16(13-5-3-2-4-6-13)19(21)22-18(15)20-17/h2-11H,1H3. The molecule has 0 atom stereocenters. The van der Waals surface area contributed by atoms with Crippen LogP contribution in [0.4, 0.5) is 0 Å². The molecular weight excluding hydrogens is 274 g/mol. The largest absolute Gasteiger partial charge is 0.403 e. The minimum absolute atomic E-state index is 0.363. The summed E-state index contributed by atoms with van der Waals surface area (Å²) in [5.41, 5.74) is 3.42. The normalized spacial score (nSPS) is 11.1. The Kier molecular flexibility index (Phi) is 2.79. The molecule has 0 radical (unpaired) electrons. The van der Waals surface area contributed by atoms with Crippen LogP contribution < -0.4 is 5.63 Å². The van der Waals surface area contributed by atoms with E-state index >= 15 is 0 Å². The average Bonchev–Trinajstić information content (AvgIpc) is 2.53. The van der Waals surface area contributed by atoms with Crippen molar-refractivity contribution < 1.29 is 4.42 Å². The molecule has 0 aliphatic carbocycles. The minimum Gasteiger partial charge on any atom is -0.403 e. The molecule has 0 N–H and O–H groups in total. The van der Waals surface area contributed by atoms with Gasteiger partial charge in [-0.1, -0.05) is 42.0 Å². The molecular formula is C19H13NO2. The van der Waals surface area contributed by atoms with Crippen LogP contribution in [0.2, 0.25) is 0 Å². The summed E-state index contributed by atoms with van der Waals surface area (Å²) >= 11 is 0. The van der Waals surface area contributed by atoms with Gasteiger partial charge in [-0.15, -0.1) is 0 Å². The highest BCUT2D eigenvalue weighted by atomic mass is 16.4. The van der Waals surface area contributed by atoms with Gasteiger partial charge in [-0.25, -0.2) is 9.78 Å². The molecule has 3 nitrogen and oxygen atoms in total. The van der Waals surface area contributed by atoms with Gasteiger partial charge in [0.1, 0.15) is 0 Å². The van der Waals surface area contributed by atoms with Gasteiger partial charge in [0.15, 0.2) is 0 Å². The van der Waals surface area contributed by atoms with E-state index in [0.717, 1.165) is 21.9 Å². The van der Waals surface area contributed by atoms with E-state index in [4.69, 9.17) is 4.42 Å². The predicted molar refractivity (Wildman–Crippen MR) is 88.0 cm³/mol. The van der Waals surface area contributed by atoms with E-state index in [1.165, 1.54) is 5.56 Å². The maximum absolute atomic E-state index is 12.2. The molecule has 2 aromatic carbocycles. The van der Waals surface area contributed by atoms with Gasteiger partial charge in [0, 0.05) is 10.8 Å². The van der Waals surface area contributed by atoms with E-state index in [2.05, 4.69) is 11.1 Å². The molecule has 0 fully saturated rings. The van der Waals surface area contributed by atoms with Gasteiger partial charge in [0.05, 0.1) is 11.1 Å². The number of hydrogen-bond acceptors (Lipinski definition) is 3. The van der Waals surface area contributed by atoms with Gasteiger partial charge < -0.3 is 4.42 Å². The topological polar surface area (TPSA) is 43.1 Å². The maximum Gasteiger partial charge on any atom is 0.345 e. The predicted octanol–water partition coefficient (Wildman–Crippen LogP) is 4.32. The zero-order chi connectivity index (χ0) is 15.1. The molecule has 0 aliphatic heterocycles. The zero-order valence-corrected chi connectivity index (χ0v) is 12.0. The van der Waals surface area contributed by atoms with Crippen LogP contribution in [0.25, 0.3) is 33.1 Å². The first-order valence-electron chi connectivity index (χ1n) is 7.11. The minimum atomic E-state index is -0.363. The van der Waals surface area contributed by atoms with E-state index in [0.29, 0.717) is 11.3 Å². The molecule has 106 valence electrons. The number of rotatable bonds is 1. The van der Waals surface area contributed by atoms with E-state index in [-0.39, 0.29) is 5.63 Å². The van der Waals surface area contributed by atoms with Crippen LogP contribution in [-0.4, -0.2) is 4.98 Å². The van der Waals surface area contributed by atoms with Crippen molar-refractivity contribution in [1.82, 2.24) is 4.98 Å². The van der Waals surface area contributed by atoms with Crippen LogP contribution in [0.3, 0.4) is 0 Å². The molecule has 0 bridgehead atoms. The summed E-state index contributed by atoms with van der Waals surface area (Å²) in [5.74, 6) is 0. The number of aryl methyl sites for hydroxylation is 1. The average molecular weight is 287 g/mol. The van der Waals surface area contributed by atoms with E-state index < -0.39 is 0 Å². The van der Waals surface area contributed by atoms with Crippen molar-refractivity contribution in [1.29, 1.82) is 0 Å². The Morgan fingerprint density at radius 1 is 0.909 bits per heavy atom. The maximum atomic E-state index is 12.2. The SMILES string of the molecule is Cc1ccc2nc3oc(=O)c(-c4ccccc4)cc3cc2c1. The smallest absolute Gasteiger partial charge is 0.345 e. The summed E-state index contributed by atoms with van der Waals surface area (Å²) in [7, 11) is 0. The fourth-order valence-electron chi connectivity index (χ4n) is 2.66. The lowest BCUT2D eigenvalue weighted by atomic mass is 10.1. The summed E-state index contributed by atoms with van der Waals surface area (Å²) in [4.78, 5) is 16.7. The molecule has 4 aromatic rings. The van der Waals surface area contributed by atoms with Gasteiger partial charge in [-0.3, -0.25) is 0 Å². The number of benzene rings is 2. The van der Waals surface area contributed by atoms with Gasteiger partial charge in [0.2, 0.25) is 5.71 Å². The van der Waals surface area contributed by atoms with E-state index in [1.54, 1.807) is 0 Å². The molecule has 4 rings (SSSR count). The molecule has 0 unspecified atom stereocenters. The van der Waals surface area contributed by atoms with E-state index in [1.807, 2.05) is 61.5 Å². The van der Waals surface area contributed by atoms with Crippen molar-refractivity contribution in [3.8, 4) is 11.1 Å². The number of hydrogen-bond donors (Lipinski definition) is 0. The second-order valence-electron chi connectivity index (χ2n) is 5.39. The van der Waals surface area contributed by atoms with Crippen LogP contribution >= 0.6 is 0 Å². The quantitative estimate of drug-likeness (QED) is 0.490. The fraction of sp³-hybridized carbons (Fsp3) is 0.0526. The molecule has 3 heteroatoms. The van der Waals surface area contributed by atoms with Gasteiger partial charge in [0.25, 0.3) is 0 Å². The number of nitrogens with zero attached hydrogens (tertiary/aromatic N) is 1. The first kappa shape index (κ1) is 12.8. The first-order chi connectivity index (χ1) is 10.7. The molecule has 22 heavy (non-hydrogen) atoms.